The molecule has 2 aromatic carbocycles. The average molecular weight is 376 g/mol. The number of nitrogens with one attached hydrogen (secondary N) is 1. The fourth-order valence-electron chi connectivity index (χ4n) is 3.88. The lowest BCUT2D eigenvalue weighted by Gasteiger charge is -2.39. The van der Waals surface area contributed by atoms with E-state index in [1.54, 1.807) is 12.1 Å². The topological polar surface area (TPSA) is 78.2 Å². The van der Waals surface area contributed by atoms with Gasteiger partial charge in [-0.2, -0.15) is 0 Å². The molecule has 128 valence electrons. The number of rotatable bonds is 2. The van der Waals surface area contributed by atoms with E-state index in [1.165, 1.54) is 0 Å². The van der Waals surface area contributed by atoms with Gasteiger partial charge in [0.25, 0.3) is 5.69 Å². The van der Waals surface area contributed by atoms with Crippen LogP contribution in [-0.2, 0) is 0 Å². The summed E-state index contributed by atoms with van der Waals surface area (Å²) in [5.41, 5.74) is 1.47. The van der Waals surface area contributed by atoms with Crippen LogP contribution in [0.1, 0.15) is 29.5 Å². The maximum atomic E-state index is 12.5. The number of hydrogen-bond donors (Lipinski definition) is 1. The molecule has 0 saturated carbocycles. The monoisotopic (exact) mass is 375 g/mol. The Kier molecular flexibility index (Phi) is 3.85. The highest BCUT2D eigenvalue weighted by molar-refractivity contribution is 6.33. The lowest BCUT2D eigenvalue weighted by atomic mass is 9.76. The number of fused-ring (bicyclic) bond motifs is 3. The fourth-order valence-corrected chi connectivity index (χ4v) is 4.28. The van der Waals surface area contributed by atoms with Crippen molar-refractivity contribution in [2.75, 3.05) is 5.32 Å². The summed E-state index contributed by atoms with van der Waals surface area (Å²) in [6.45, 7) is 0. The minimum Gasteiger partial charge on any atom is -0.871 e. The first-order chi connectivity index (χ1) is 12.0. The molecule has 25 heavy (non-hydrogen) atoms. The molecule has 1 heterocycles. The van der Waals surface area contributed by atoms with Gasteiger partial charge in [0.05, 0.1) is 16.5 Å². The molecule has 0 saturated heterocycles. The van der Waals surface area contributed by atoms with Crippen molar-refractivity contribution in [2.45, 2.75) is 18.4 Å². The van der Waals surface area contributed by atoms with Crippen molar-refractivity contribution in [2.24, 2.45) is 5.92 Å². The van der Waals surface area contributed by atoms with Crippen molar-refractivity contribution >= 4 is 34.6 Å². The standard InChI is InChI=1S/C18H14Cl2N2O3/c19-10-6-4-9(5-7-10)16-12-3-1-2-11(12)15-17(21-16)14(23)8-13(20)18(15)22(24)25/h1-2,4-8,11-12,16,21,23H,3H2/p-1/t11-,12-,16-/m0/s1. The van der Waals surface area contributed by atoms with Gasteiger partial charge in [-0.05, 0) is 36.1 Å². The third kappa shape index (κ3) is 2.55. The lowest BCUT2D eigenvalue weighted by molar-refractivity contribution is -0.385. The number of halogens is 2. The maximum Gasteiger partial charge on any atom is 0.293 e. The Labute approximate surface area is 154 Å². The summed E-state index contributed by atoms with van der Waals surface area (Å²) in [5.74, 6) is -0.475. The summed E-state index contributed by atoms with van der Waals surface area (Å²) >= 11 is 12.0. The predicted octanol–water partition coefficient (Wildman–Crippen LogP) is 4.80. The normalized spacial score (nSPS) is 23.7. The van der Waals surface area contributed by atoms with Gasteiger partial charge in [0.15, 0.2) is 0 Å². The first kappa shape index (κ1) is 16.2. The van der Waals surface area contributed by atoms with E-state index in [0.29, 0.717) is 10.6 Å². The van der Waals surface area contributed by atoms with Crippen molar-refractivity contribution < 1.29 is 10.0 Å². The summed E-state index contributed by atoms with van der Waals surface area (Å²) < 4.78 is 0. The van der Waals surface area contributed by atoms with Crippen LogP contribution in [0.5, 0.6) is 5.75 Å². The molecule has 2 aliphatic rings. The van der Waals surface area contributed by atoms with Crippen molar-refractivity contribution in [3.05, 3.63) is 73.8 Å². The Bertz CT molecular complexity index is 896. The molecule has 0 radical (unpaired) electrons. The van der Waals surface area contributed by atoms with Gasteiger partial charge in [-0.15, -0.1) is 0 Å². The molecule has 0 spiro atoms. The number of nitrogens with zero attached hydrogens (tertiary/aromatic N) is 1. The number of benzene rings is 2. The molecule has 5 nitrogen and oxygen atoms in total. The molecule has 2 aromatic rings. The zero-order valence-corrected chi connectivity index (χ0v) is 14.4. The Morgan fingerprint density at radius 3 is 2.60 bits per heavy atom. The predicted molar refractivity (Wildman–Crippen MR) is 95.4 cm³/mol. The van der Waals surface area contributed by atoms with Crippen LogP contribution in [0.4, 0.5) is 11.4 Å². The van der Waals surface area contributed by atoms with E-state index >= 15 is 0 Å². The van der Waals surface area contributed by atoms with E-state index in [-0.39, 0.29) is 40.0 Å². The highest BCUT2D eigenvalue weighted by Crippen LogP contribution is 2.55. The van der Waals surface area contributed by atoms with Crippen molar-refractivity contribution in [3.8, 4) is 5.75 Å². The molecule has 0 fully saturated rings. The second kappa shape index (κ2) is 5.93. The van der Waals surface area contributed by atoms with Crippen LogP contribution in [-0.4, -0.2) is 4.92 Å². The average Bonchev–Trinajstić information content (AvgIpc) is 3.04. The summed E-state index contributed by atoms with van der Waals surface area (Å²) in [5, 5.41) is 27.8. The van der Waals surface area contributed by atoms with Gasteiger partial charge in [0.2, 0.25) is 0 Å². The van der Waals surface area contributed by atoms with E-state index in [0.717, 1.165) is 18.1 Å². The van der Waals surface area contributed by atoms with Crippen LogP contribution in [0, 0.1) is 16.0 Å². The smallest absolute Gasteiger partial charge is 0.293 e. The van der Waals surface area contributed by atoms with Crippen LogP contribution in [0.15, 0.2) is 42.5 Å². The highest BCUT2D eigenvalue weighted by atomic mass is 35.5. The Balaban J connectivity index is 1.89. The molecule has 0 bridgehead atoms. The van der Waals surface area contributed by atoms with Crippen LogP contribution in [0.3, 0.4) is 0 Å². The van der Waals surface area contributed by atoms with Gasteiger partial charge in [0, 0.05) is 16.6 Å². The molecule has 1 aliphatic heterocycles. The van der Waals surface area contributed by atoms with E-state index in [9.17, 15) is 15.2 Å². The van der Waals surface area contributed by atoms with Crippen molar-refractivity contribution in [3.63, 3.8) is 0 Å². The Morgan fingerprint density at radius 2 is 1.92 bits per heavy atom. The van der Waals surface area contributed by atoms with E-state index in [1.807, 2.05) is 24.3 Å². The van der Waals surface area contributed by atoms with Crippen molar-refractivity contribution in [1.82, 2.24) is 0 Å². The largest absolute Gasteiger partial charge is 0.871 e. The highest BCUT2D eigenvalue weighted by Gasteiger charge is 2.42. The van der Waals surface area contributed by atoms with E-state index < -0.39 is 4.92 Å². The van der Waals surface area contributed by atoms with E-state index in [2.05, 4.69) is 5.32 Å². The van der Waals surface area contributed by atoms with Gasteiger partial charge in [-0.25, -0.2) is 0 Å². The quantitative estimate of drug-likeness (QED) is 0.464. The molecular formula is C18H13Cl2N2O3-. The van der Waals surface area contributed by atoms with Crippen LogP contribution in [0.25, 0.3) is 0 Å². The number of nitro groups is 1. The molecule has 4 rings (SSSR count). The molecule has 0 aromatic heterocycles. The van der Waals surface area contributed by atoms with Gasteiger partial charge in [0.1, 0.15) is 5.02 Å². The zero-order valence-electron chi connectivity index (χ0n) is 12.9. The Hall–Kier alpha value is -2.24. The van der Waals surface area contributed by atoms with Crippen LogP contribution >= 0.6 is 23.2 Å². The third-order valence-electron chi connectivity index (χ3n) is 4.94. The van der Waals surface area contributed by atoms with Gasteiger partial charge in [-0.1, -0.05) is 53.2 Å². The summed E-state index contributed by atoms with van der Waals surface area (Å²) in [6, 6.07) is 8.41. The number of nitro benzene ring substituents is 1. The van der Waals surface area contributed by atoms with Crippen LogP contribution in [0.2, 0.25) is 10.0 Å². The molecule has 0 amide bonds. The van der Waals surface area contributed by atoms with Crippen LogP contribution < -0.4 is 10.4 Å². The van der Waals surface area contributed by atoms with E-state index in [4.69, 9.17) is 23.2 Å². The first-order valence-corrected chi connectivity index (χ1v) is 8.59. The maximum absolute atomic E-state index is 12.5. The molecule has 1 aliphatic carbocycles. The summed E-state index contributed by atoms with van der Waals surface area (Å²) in [7, 11) is 0. The number of allylic oxidation sites excluding steroid dienone is 2. The number of hydrogen-bond acceptors (Lipinski definition) is 4. The summed E-state index contributed by atoms with van der Waals surface area (Å²) in [6.07, 6.45) is 4.71. The minimum atomic E-state index is -0.506. The SMILES string of the molecule is O=[N+]([O-])c1c(Cl)cc([O-])c2c1[C@H]1C=CC[C@@H]1[C@H](c1ccc(Cl)cc1)N2. The van der Waals surface area contributed by atoms with Crippen molar-refractivity contribution in [1.29, 1.82) is 0 Å². The molecule has 0 unspecified atom stereocenters. The second-order valence-electron chi connectivity index (χ2n) is 6.28. The molecule has 7 heteroatoms. The minimum absolute atomic E-state index is 0.0743. The molecule has 1 N–H and O–H groups in total. The first-order valence-electron chi connectivity index (χ1n) is 7.84. The lowest BCUT2D eigenvalue weighted by Crippen LogP contribution is -2.30. The molecular weight excluding hydrogens is 363 g/mol. The second-order valence-corrected chi connectivity index (χ2v) is 7.12. The van der Waals surface area contributed by atoms with Gasteiger partial charge in [-0.3, -0.25) is 10.1 Å². The zero-order chi connectivity index (χ0) is 17.7. The third-order valence-corrected chi connectivity index (χ3v) is 5.48. The molecule has 3 atom stereocenters. The van der Waals surface area contributed by atoms with Gasteiger partial charge >= 0.3 is 0 Å². The van der Waals surface area contributed by atoms with Gasteiger partial charge < -0.3 is 10.4 Å². The number of anilines is 1. The fraction of sp³-hybridized carbons (Fsp3) is 0.222. The Morgan fingerprint density at radius 1 is 1.20 bits per heavy atom. The summed E-state index contributed by atoms with van der Waals surface area (Å²) in [4.78, 5) is 11.0.